The van der Waals surface area contributed by atoms with Crippen molar-refractivity contribution in [3.63, 3.8) is 0 Å². The molecule has 2 saturated carbocycles. The van der Waals surface area contributed by atoms with E-state index in [9.17, 15) is 29.2 Å². The summed E-state index contributed by atoms with van der Waals surface area (Å²) >= 11 is 0. The first kappa shape index (κ1) is 46.7. The molecule has 0 spiro atoms. The van der Waals surface area contributed by atoms with E-state index in [0.717, 1.165) is 55.6 Å². The lowest BCUT2D eigenvalue weighted by atomic mass is 9.49. The number of fused-ring (bicyclic) bond motifs is 2. The van der Waals surface area contributed by atoms with Gasteiger partial charge in [-0.05, 0) is 99.9 Å². The second kappa shape index (κ2) is 18.2. The van der Waals surface area contributed by atoms with Crippen molar-refractivity contribution < 1.29 is 37.8 Å². The van der Waals surface area contributed by atoms with Gasteiger partial charge in [0.2, 0.25) is 11.8 Å². The summed E-state index contributed by atoms with van der Waals surface area (Å²) in [6.45, 7) is 12.3. The van der Waals surface area contributed by atoms with E-state index in [4.69, 9.17) is 9.47 Å². The van der Waals surface area contributed by atoms with Crippen LogP contribution in [0.3, 0.4) is 0 Å². The summed E-state index contributed by atoms with van der Waals surface area (Å²) in [5.74, 6) is -1.40. The number of amides is 5. The van der Waals surface area contributed by atoms with Crippen LogP contribution >= 0.6 is 0 Å². The van der Waals surface area contributed by atoms with E-state index in [0.29, 0.717) is 53.3 Å². The average molecular weight is 927 g/mol. The SMILES string of the molecule is CN(C)CCN(CC1CCN(c2ccc(C(=O)N[C@H]3C(C)(C)[C@H](Oc4ccc(C#N)c5ncccc45)C3(C)C)cc2F)CC1)C1CC(Oc2ccc3c(c2)C(=O)N(C2CCC(=O)NC2=O)C3=O)C1. The number of nitrogens with zero attached hydrogens (tertiary/aromatic N) is 6. The van der Waals surface area contributed by atoms with Crippen molar-refractivity contribution in [3.8, 4) is 17.6 Å². The fraction of sp³-hybridized carbons (Fsp3) is 0.481. The summed E-state index contributed by atoms with van der Waals surface area (Å²) in [4.78, 5) is 76.6. The molecule has 5 aliphatic rings. The minimum absolute atomic E-state index is 0.0583. The maximum Gasteiger partial charge on any atom is 0.262 e. The van der Waals surface area contributed by atoms with Crippen LogP contribution < -0.4 is 25.0 Å². The third kappa shape index (κ3) is 8.66. The Balaban J connectivity index is 0.769. The predicted octanol–water partition coefficient (Wildman–Crippen LogP) is 5.95. The van der Waals surface area contributed by atoms with Gasteiger partial charge in [-0.15, -0.1) is 0 Å². The molecule has 0 bridgehead atoms. The van der Waals surface area contributed by atoms with Gasteiger partial charge in [0, 0.05) is 92.0 Å². The lowest BCUT2D eigenvalue weighted by Crippen LogP contribution is -2.74. The normalized spacial score (nSPS) is 24.3. The van der Waals surface area contributed by atoms with Gasteiger partial charge in [0.15, 0.2) is 0 Å². The number of piperidine rings is 2. The number of carbonyl (C=O) groups is 5. The van der Waals surface area contributed by atoms with Crippen molar-refractivity contribution in [2.45, 2.75) is 96.6 Å². The van der Waals surface area contributed by atoms with Gasteiger partial charge in [-0.2, -0.15) is 5.26 Å². The summed E-state index contributed by atoms with van der Waals surface area (Å²) in [6, 6.07) is 18.1. The van der Waals surface area contributed by atoms with Crippen molar-refractivity contribution in [2.75, 3.05) is 51.7 Å². The van der Waals surface area contributed by atoms with E-state index < -0.39 is 46.3 Å². The number of pyridine rings is 1. The van der Waals surface area contributed by atoms with Gasteiger partial charge >= 0.3 is 0 Å². The molecule has 0 radical (unpaired) electrons. The summed E-state index contributed by atoms with van der Waals surface area (Å²) in [6.07, 6.45) is 4.88. The fourth-order valence-electron chi connectivity index (χ4n) is 11.5. The Kier molecular flexibility index (Phi) is 12.5. The molecular formula is C52H59FN8O7. The van der Waals surface area contributed by atoms with Crippen LogP contribution in [0.15, 0.2) is 66.9 Å². The Morgan fingerprint density at radius 2 is 1.66 bits per heavy atom. The zero-order valence-corrected chi connectivity index (χ0v) is 39.5. The Hall–Kier alpha value is -6.44. The zero-order valence-electron chi connectivity index (χ0n) is 39.5. The van der Waals surface area contributed by atoms with E-state index in [1.165, 1.54) is 6.07 Å². The number of anilines is 1. The number of imide groups is 2. The number of halogens is 1. The Morgan fingerprint density at radius 1 is 0.926 bits per heavy atom. The molecule has 2 aliphatic carbocycles. The standard InChI is InChI=1S/C52H59FN8O7/c1-51(2)49(52(3,4)50(51)68-42-15-10-32(28-54)44-37(42)8-7-19-55-44)57-45(63)31-9-13-40(39(53)24-31)59-20-17-30(18-21-59)29-60(23-22-58(5)6)33-25-35(26-33)67-34-11-12-36-38(27-34)48(66)61(47(36)65)41-14-16-43(62)56-46(41)64/h7-13,15,19,24,27,30,33,35,41,49-50H,14,16-18,20-23,25-26,29H2,1-6H3,(H,57,63)(H,56,62,64)/t33?,35?,41?,49-,50-. The first-order valence-corrected chi connectivity index (χ1v) is 23.7. The molecule has 16 heteroatoms. The summed E-state index contributed by atoms with van der Waals surface area (Å²) < 4.78 is 28.9. The fourth-order valence-corrected chi connectivity index (χ4v) is 11.5. The Bertz CT molecular complexity index is 2710. The first-order chi connectivity index (χ1) is 32.4. The second-order valence-corrected chi connectivity index (χ2v) is 20.6. The third-order valence-electron chi connectivity index (χ3n) is 15.0. The van der Waals surface area contributed by atoms with E-state index in [1.54, 1.807) is 48.7 Å². The number of nitriles is 1. The topological polar surface area (TPSA) is 178 Å². The number of likely N-dealkylation sites (N-methyl/N-ethyl adjacent to an activating group) is 1. The molecule has 4 heterocycles. The molecule has 3 aliphatic heterocycles. The molecule has 2 N–H and O–H groups in total. The number of ether oxygens (including phenoxy) is 2. The average Bonchev–Trinajstić information content (AvgIpc) is 3.54. The van der Waals surface area contributed by atoms with E-state index >= 15 is 4.39 Å². The van der Waals surface area contributed by atoms with Crippen LogP contribution in [-0.2, 0) is 9.59 Å². The molecule has 2 saturated heterocycles. The maximum absolute atomic E-state index is 15.9. The molecule has 1 aromatic heterocycles. The van der Waals surface area contributed by atoms with Crippen LogP contribution in [0, 0.1) is 33.9 Å². The van der Waals surface area contributed by atoms with Crippen LogP contribution in [0.4, 0.5) is 10.1 Å². The van der Waals surface area contributed by atoms with E-state index in [2.05, 4.69) is 78.2 Å². The summed E-state index contributed by atoms with van der Waals surface area (Å²) in [5.41, 5.74) is 1.28. The molecule has 1 unspecified atom stereocenters. The number of rotatable bonds is 14. The van der Waals surface area contributed by atoms with E-state index in [1.807, 2.05) is 12.1 Å². The highest BCUT2D eigenvalue weighted by Gasteiger charge is 2.64. The van der Waals surface area contributed by atoms with Gasteiger partial charge in [-0.25, -0.2) is 4.39 Å². The summed E-state index contributed by atoms with van der Waals surface area (Å²) in [7, 11) is 4.13. The van der Waals surface area contributed by atoms with Gasteiger partial charge in [0.25, 0.3) is 17.7 Å². The van der Waals surface area contributed by atoms with Crippen molar-refractivity contribution >= 4 is 46.1 Å². The highest BCUT2D eigenvalue weighted by molar-refractivity contribution is 6.23. The number of hydrogen-bond acceptors (Lipinski definition) is 12. The quantitative estimate of drug-likeness (QED) is 0.142. The zero-order chi connectivity index (χ0) is 48.2. The maximum atomic E-state index is 15.9. The number of nitrogens with one attached hydrogen (secondary N) is 2. The number of hydrogen-bond donors (Lipinski definition) is 2. The third-order valence-corrected chi connectivity index (χ3v) is 15.0. The van der Waals surface area contributed by atoms with Crippen LogP contribution in [0.1, 0.15) is 103 Å². The van der Waals surface area contributed by atoms with Gasteiger partial charge < -0.3 is 24.6 Å². The van der Waals surface area contributed by atoms with Gasteiger partial charge in [-0.1, -0.05) is 27.7 Å². The molecule has 15 nitrogen and oxygen atoms in total. The molecule has 3 aromatic carbocycles. The molecular weight excluding hydrogens is 868 g/mol. The molecule has 9 rings (SSSR count). The number of benzene rings is 3. The highest BCUT2D eigenvalue weighted by Crippen LogP contribution is 2.56. The molecule has 356 valence electrons. The smallest absolute Gasteiger partial charge is 0.262 e. The van der Waals surface area contributed by atoms with Gasteiger partial charge in [0.05, 0.1) is 27.9 Å². The van der Waals surface area contributed by atoms with Crippen molar-refractivity contribution in [3.05, 3.63) is 94.9 Å². The molecule has 4 fully saturated rings. The molecule has 1 atom stereocenters. The Labute approximate surface area is 395 Å². The van der Waals surface area contributed by atoms with Crippen LogP contribution in [0.5, 0.6) is 11.5 Å². The second-order valence-electron chi connectivity index (χ2n) is 20.6. The molecule has 5 amide bonds. The predicted molar refractivity (Wildman–Crippen MR) is 252 cm³/mol. The lowest BCUT2D eigenvalue weighted by Gasteiger charge is -2.63. The highest BCUT2D eigenvalue weighted by atomic mass is 19.1. The number of aromatic nitrogens is 1. The monoisotopic (exact) mass is 926 g/mol. The minimum atomic E-state index is -1.02. The van der Waals surface area contributed by atoms with Gasteiger partial charge in [-0.3, -0.25) is 44.1 Å². The van der Waals surface area contributed by atoms with Crippen molar-refractivity contribution in [1.82, 2.24) is 30.3 Å². The number of carbonyl (C=O) groups excluding carboxylic acids is 5. The van der Waals surface area contributed by atoms with Crippen LogP contribution in [0.2, 0.25) is 0 Å². The lowest BCUT2D eigenvalue weighted by molar-refractivity contribution is -0.163. The molecule has 4 aromatic rings. The Morgan fingerprint density at radius 3 is 2.35 bits per heavy atom. The van der Waals surface area contributed by atoms with Gasteiger partial charge in [0.1, 0.15) is 41.6 Å². The van der Waals surface area contributed by atoms with Crippen LogP contribution in [-0.4, -0.2) is 126 Å². The largest absolute Gasteiger partial charge is 0.490 e. The molecule has 68 heavy (non-hydrogen) atoms. The minimum Gasteiger partial charge on any atom is -0.490 e. The van der Waals surface area contributed by atoms with Crippen LogP contribution in [0.25, 0.3) is 10.9 Å². The van der Waals surface area contributed by atoms with Crippen molar-refractivity contribution in [1.29, 1.82) is 5.26 Å². The summed E-state index contributed by atoms with van der Waals surface area (Å²) in [5, 5.41) is 15.8. The van der Waals surface area contributed by atoms with Crippen molar-refractivity contribution in [2.24, 2.45) is 16.7 Å². The van der Waals surface area contributed by atoms with E-state index in [-0.39, 0.29) is 53.7 Å². The first-order valence-electron chi connectivity index (χ1n) is 23.7.